The van der Waals surface area contributed by atoms with Crippen molar-refractivity contribution < 1.29 is 36.0 Å². The van der Waals surface area contributed by atoms with Crippen LogP contribution in [0.4, 0.5) is 26.3 Å². The van der Waals surface area contributed by atoms with E-state index in [-0.39, 0.29) is 23.5 Å². The Labute approximate surface area is 223 Å². The van der Waals surface area contributed by atoms with Crippen LogP contribution in [-0.4, -0.2) is 44.4 Å². The number of thiazole rings is 1. The first kappa shape index (κ1) is 27.2. The molecule has 1 fully saturated rings. The Bertz CT molecular complexity index is 1350. The summed E-state index contributed by atoms with van der Waals surface area (Å²) in [6, 6.07) is 7.83. The molecule has 0 spiro atoms. The highest BCUT2D eigenvalue weighted by atomic mass is 32.1. The number of nitrogens with zero attached hydrogens (tertiary/aromatic N) is 5. The van der Waals surface area contributed by atoms with E-state index in [1.807, 2.05) is 5.38 Å². The van der Waals surface area contributed by atoms with Gasteiger partial charge in [0.2, 0.25) is 5.91 Å². The number of rotatable bonds is 8. The fourth-order valence-electron chi connectivity index (χ4n) is 4.69. The molecule has 2 aliphatic heterocycles. The van der Waals surface area contributed by atoms with Crippen LogP contribution in [-0.2, 0) is 16.2 Å². The molecule has 0 N–H and O–H groups in total. The average Bonchev–Trinajstić information content (AvgIpc) is 3.68. The molecule has 2 aromatic heterocycles. The smallest absolute Gasteiger partial charge is 0.282 e. The number of hydrogen-bond acceptors (Lipinski definition) is 6. The summed E-state index contributed by atoms with van der Waals surface area (Å²) in [7, 11) is 0. The van der Waals surface area contributed by atoms with Crippen molar-refractivity contribution in [3.05, 3.63) is 68.9 Å². The van der Waals surface area contributed by atoms with E-state index in [1.165, 1.54) is 28.4 Å². The van der Waals surface area contributed by atoms with Gasteiger partial charge in [0.15, 0.2) is 6.10 Å². The van der Waals surface area contributed by atoms with Crippen molar-refractivity contribution in [2.45, 2.75) is 57.1 Å². The Morgan fingerprint density at radius 1 is 1.13 bits per heavy atom. The molecule has 1 unspecified atom stereocenters. The topological polar surface area (TPSA) is 72.6 Å². The van der Waals surface area contributed by atoms with Crippen LogP contribution >= 0.6 is 11.3 Å². The zero-order valence-electron chi connectivity index (χ0n) is 20.2. The minimum Gasteiger partial charge on any atom is -0.387 e. The van der Waals surface area contributed by atoms with Crippen LogP contribution < -0.4 is 0 Å². The molecule has 7 nitrogen and oxygen atoms in total. The maximum absolute atomic E-state index is 13.4. The van der Waals surface area contributed by atoms with Gasteiger partial charge in [0.1, 0.15) is 23.6 Å². The number of oxime groups is 1. The van der Waals surface area contributed by atoms with Gasteiger partial charge in [-0.25, -0.2) is 31.3 Å². The van der Waals surface area contributed by atoms with Gasteiger partial charge in [0.05, 0.1) is 10.7 Å². The largest absolute Gasteiger partial charge is 0.387 e. The van der Waals surface area contributed by atoms with E-state index in [0.29, 0.717) is 48.1 Å². The van der Waals surface area contributed by atoms with Gasteiger partial charge in [-0.05, 0) is 25.0 Å². The van der Waals surface area contributed by atoms with E-state index in [4.69, 9.17) is 4.84 Å². The molecule has 1 atom stereocenters. The third-order valence-corrected chi connectivity index (χ3v) is 7.73. The van der Waals surface area contributed by atoms with Gasteiger partial charge in [-0.15, -0.1) is 11.3 Å². The zero-order valence-corrected chi connectivity index (χ0v) is 21.1. The second-order valence-electron chi connectivity index (χ2n) is 9.16. The van der Waals surface area contributed by atoms with E-state index in [9.17, 15) is 31.1 Å². The van der Waals surface area contributed by atoms with E-state index in [1.54, 1.807) is 6.07 Å². The molecule has 0 saturated carbocycles. The highest BCUT2D eigenvalue weighted by Gasteiger charge is 2.31. The second kappa shape index (κ2) is 11.4. The van der Waals surface area contributed by atoms with Crippen molar-refractivity contribution in [3.8, 4) is 0 Å². The maximum Gasteiger partial charge on any atom is 0.282 e. The number of hydrogen-bond donors (Lipinski definition) is 0. The fourth-order valence-corrected chi connectivity index (χ4v) is 5.69. The molecule has 39 heavy (non-hydrogen) atoms. The third-order valence-electron chi connectivity index (χ3n) is 6.72. The zero-order chi connectivity index (χ0) is 27.7. The predicted octanol–water partition coefficient (Wildman–Crippen LogP) is 6.22. The van der Waals surface area contributed by atoms with Gasteiger partial charge in [-0.2, -0.15) is 5.10 Å². The Balaban J connectivity index is 1.17. The molecule has 5 rings (SSSR count). The number of benzene rings is 1. The molecule has 14 heteroatoms. The number of halogens is 6. The summed E-state index contributed by atoms with van der Waals surface area (Å²) < 4.78 is 79.6. The Morgan fingerprint density at radius 2 is 1.90 bits per heavy atom. The lowest BCUT2D eigenvalue weighted by Gasteiger charge is -2.31. The summed E-state index contributed by atoms with van der Waals surface area (Å²) in [6.45, 7) is 0.140. The lowest BCUT2D eigenvalue weighted by molar-refractivity contribution is -0.133. The number of alkyl halides is 6. The molecule has 0 bridgehead atoms. The van der Waals surface area contributed by atoms with Crippen LogP contribution in [0.3, 0.4) is 0 Å². The normalized spacial score (nSPS) is 18.3. The second-order valence-corrected chi connectivity index (χ2v) is 10.0. The molecule has 1 aromatic carbocycles. The number of carbonyl (C=O) groups is 1. The van der Waals surface area contributed by atoms with E-state index < -0.39 is 49.2 Å². The van der Waals surface area contributed by atoms with Crippen LogP contribution in [0.15, 0.2) is 34.8 Å². The minimum absolute atomic E-state index is 0.0474. The molecule has 1 radical (unpaired) electrons. The fraction of sp³-hybridized carbons (Fsp3) is 0.440. The van der Waals surface area contributed by atoms with E-state index >= 15 is 0 Å². The summed E-state index contributed by atoms with van der Waals surface area (Å²) in [5.41, 5.74) is -0.258. The summed E-state index contributed by atoms with van der Waals surface area (Å²) in [6.07, 6.45) is -7.97. The monoisotopic (exact) mass is 570 g/mol. The first-order valence-corrected chi connectivity index (χ1v) is 13.0. The highest BCUT2D eigenvalue weighted by molar-refractivity contribution is 7.10. The van der Waals surface area contributed by atoms with Crippen molar-refractivity contribution in [1.82, 2.24) is 19.7 Å². The van der Waals surface area contributed by atoms with Crippen molar-refractivity contribution in [1.29, 1.82) is 0 Å². The summed E-state index contributed by atoms with van der Waals surface area (Å²) in [5.74, 6) is -0.436. The van der Waals surface area contributed by atoms with Crippen LogP contribution in [0.2, 0.25) is 0 Å². The number of carbonyl (C=O) groups excluding carboxylic acids is 1. The first-order valence-electron chi connectivity index (χ1n) is 12.1. The molecule has 3 aromatic rings. The minimum atomic E-state index is -3.04. The van der Waals surface area contributed by atoms with Crippen molar-refractivity contribution in [3.63, 3.8) is 0 Å². The SMILES string of the molecule is O=C(Cn1nc(C(F)F)cc1C(F)F)N1CCC(c2nc(C3=NOC(c4[c]cccc4C(F)F)C3)cs2)CC1. The number of likely N-dealkylation sites (tertiary alicyclic amines) is 1. The Kier molecular flexibility index (Phi) is 7.91. The molecular formula is C25H22F6N5O2S. The van der Waals surface area contributed by atoms with E-state index in [0.717, 1.165) is 5.01 Å². The van der Waals surface area contributed by atoms with Crippen molar-refractivity contribution in [2.24, 2.45) is 5.16 Å². The standard InChI is InChI=1S/C25H22F6N5O2S/c26-22(27)15-4-2-1-3-14(15)20-10-16(34-38-20)18-12-39-25(32-18)13-5-7-35(8-6-13)21(37)11-36-19(24(30)31)9-17(33-36)23(28)29/h1-2,4,9,12-13,20,22-24H,5-8,10-11H2. The van der Waals surface area contributed by atoms with Crippen LogP contribution in [0.25, 0.3) is 0 Å². The summed E-state index contributed by atoms with van der Waals surface area (Å²) >= 11 is 1.42. The quantitative estimate of drug-likeness (QED) is 0.301. The van der Waals surface area contributed by atoms with Gasteiger partial charge in [0, 0.05) is 41.9 Å². The average molecular weight is 571 g/mol. The van der Waals surface area contributed by atoms with Gasteiger partial charge in [0.25, 0.3) is 19.3 Å². The van der Waals surface area contributed by atoms with Gasteiger partial charge < -0.3 is 9.74 Å². The predicted molar refractivity (Wildman–Crippen MR) is 128 cm³/mol. The third kappa shape index (κ3) is 5.80. The number of amides is 1. The van der Waals surface area contributed by atoms with Gasteiger partial charge in [-0.1, -0.05) is 23.4 Å². The molecule has 4 heterocycles. The van der Waals surface area contributed by atoms with Crippen molar-refractivity contribution >= 4 is 23.0 Å². The Morgan fingerprint density at radius 3 is 2.59 bits per heavy atom. The van der Waals surface area contributed by atoms with E-state index in [2.05, 4.69) is 21.3 Å². The highest BCUT2D eigenvalue weighted by Crippen LogP contribution is 2.36. The van der Waals surface area contributed by atoms with Gasteiger partial charge in [-0.3, -0.25) is 9.48 Å². The van der Waals surface area contributed by atoms with Gasteiger partial charge >= 0.3 is 0 Å². The molecule has 207 valence electrons. The Hall–Kier alpha value is -3.42. The van der Waals surface area contributed by atoms with Crippen LogP contribution in [0.1, 0.15) is 83.8 Å². The molecule has 0 aliphatic carbocycles. The molecule has 1 saturated heterocycles. The lowest BCUT2D eigenvalue weighted by atomic mass is 9.97. The van der Waals surface area contributed by atoms with Crippen LogP contribution in [0, 0.1) is 6.07 Å². The maximum atomic E-state index is 13.4. The first-order chi connectivity index (χ1) is 18.7. The van der Waals surface area contributed by atoms with Crippen LogP contribution in [0.5, 0.6) is 0 Å². The molecule has 2 aliphatic rings. The molecule has 1 amide bonds. The molecular weight excluding hydrogens is 548 g/mol. The van der Waals surface area contributed by atoms with Crippen molar-refractivity contribution in [2.75, 3.05) is 13.1 Å². The number of piperidine rings is 1. The summed E-state index contributed by atoms with van der Waals surface area (Å²) in [5, 5.41) is 10.2. The number of aromatic nitrogens is 3. The summed E-state index contributed by atoms with van der Waals surface area (Å²) in [4.78, 5) is 24.3. The lowest BCUT2D eigenvalue weighted by Crippen LogP contribution is -2.40.